The Morgan fingerprint density at radius 1 is 1.68 bits per heavy atom. The van der Waals surface area contributed by atoms with E-state index in [1.165, 1.54) is 11.3 Å². The molecule has 1 saturated heterocycles. The molecule has 0 saturated carbocycles. The van der Waals surface area contributed by atoms with Crippen molar-refractivity contribution in [3.8, 4) is 0 Å². The Kier molecular flexibility index (Phi) is 5.73. The molecule has 2 rings (SSSR count). The fraction of sp³-hybridized carbons (Fsp3) is 0.500. The second-order valence-corrected chi connectivity index (χ2v) is 5.27. The average Bonchev–Trinajstić information content (AvgIpc) is 2.69. The topological polar surface area (TPSA) is 84.1 Å². The normalized spacial score (nSPS) is 17.5. The van der Waals surface area contributed by atoms with E-state index in [1.807, 2.05) is 0 Å². The Balaban J connectivity index is 0.00000180. The molecule has 8 nitrogen and oxygen atoms in total. The number of guanidine groups is 1. The van der Waals surface area contributed by atoms with Gasteiger partial charge >= 0.3 is 0 Å². The second-order valence-electron chi connectivity index (χ2n) is 3.58. The lowest BCUT2D eigenvalue weighted by Gasteiger charge is -2.34. The molecule has 1 aliphatic heterocycles. The van der Waals surface area contributed by atoms with Gasteiger partial charge in [-0.1, -0.05) is 11.6 Å². The van der Waals surface area contributed by atoms with Gasteiger partial charge in [0.15, 0.2) is 9.50 Å². The third kappa shape index (κ3) is 4.16. The first kappa shape index (κ1) is 15.9. The quantitative estimate of drug-likeness (QED) is 0.617. The van der Waals surface area contributed by atoms with Crippen LogP contribution in [0.1, 0.15) is 4.88 Å². The zero-order valence-electron chi connectivity index (χ0n) is 9.85. The van der Waals surface area contributed by atoms with Crippen molar-refractivity contribution in [1.29, 1.82) is 0 Å². The van der Waals surface area contributed by atoms with Crippen LogP contribution < -0.4 is 0 Å². The number of ether oxygens (including phenoxy) is 1. The van der Waals surface area contributed by atoms with Gasteiger partial charge < -0.3 is 14.5 Å². The summed E-state index contributed by atoms with van der Waals surface area (Å²) in [7, 11) is 1.67. The van der Waals surface area contributed by atoms with Gasteiger partial charge in [-0.3, -0.25) is 0 Å². The Bertz CT molecular complexity index is 483. The smallest absolute Gasteiger partial charge is 0.277 e. The van der Waals surface area contributed by atoms with E-state index in [2.05, 4.69) is 10.1 Å². The molecule has 11 heteroatoms. The molecule has 0 atom stereocenters. The van der Waals surface area contributed by atoms with E-state index in [9.17, 15) is 10.1 Å². The Morgan fingerprint density at radius 2 is 2.42 bits per heavy atom. The van der Waals surface area contributed by atoms with Gasteiger partial charge in [-0.25, -0.2) is 15.1 Å². The highest BCUT2D eigenvalue weighted by molar-refractivity contribution is 7.15. The maximum Gasteiger partial charge on any atom is 0.277 e. The summed E-state index contributed by atoms with van der Waals surface area (Å²) < 4.78 is 5.72. The summed E-state index contributed by atoms with van der Waals surface area (Å²) in [6.45, 7) is 0.931. The molecule has 0 aliphatic carbocycles. The van der Waals surface area contributed by atoms with Crippen LogP contribution in [-0.4, -0.2) is 46.3 Å². The van der Waals surface area contributed by atoms with Gasteiger partial charge in [0.1, 0.15) is 18.6 Å². The molecule has 106 valence electrons. The number of halogens is 2. The van der Waals surface area contributed by atoms with Gasteiger partial charge in [0.25, 0.3) is 5.96 Å². The summed E-state index contributed by atoms with van der Waals surface area (Å²) in [5.74, 6) is 0.260. The lowest BCUT2D eigenvalue weighted by atomic mass is 10.5. The van der Waals surface area contributed by atoms with E-state index in [1.54, 1.807) is 23.0 Å². The first-order valence-corrected chi connectivity index (χ1v) is 6.12. The highest BCUT2D eigenvalue weighted by atomic mass is 35.5. The van der Waals surface area contributed by atoms with Crippen LogP contribution in [0, 0.1) is 10.1 Å². The molecule has 0 radical (unpaired) electrons. The minimum absolute atomic E-state index is 0. The van der Waals surface area contributed by atoms with Crippen LogP contribution in [0.4, 0.5) is 0 Å². The molecule has 0 aromatic carbocycles. The Hall–Kier alpha value is -1.16. The lowest BCUT2D eigenvalue weighted by molar-refractivity contribution is -0.486. The molecular formula is C8H11Cl2N5O3S. The highest BCUT2D eigenvalue weighted by Crippen LogP contribution is 2.20. The van der Waals surface area contributed by atoms with Crippen LogP contribution in [0.15, 0.2) is 11.3 Å². The van der Waals surface area contributed by atoms with Gasteiger partial charge in [-0.2, -0.15) is 0 Å². The van der Waals surface area contributed by atoms with E-state index in [0.717, 1.165) is 4.88 Å². The number of hydrazone groups is 1. The molecule has 0 unspecified atom stereocenters. The van der Waals surface area contributed by atoms with Crippen molar-refractivity contribution in [2.45, 2.75) is 6.54 Å². The Morgan fingerprint density at radius 3 is 3.00 bits per heavy atom. The number of nitro groups is 1. The number of thiazole rings is 1. The van der Waals surface area contributed by atoms with Gasteiger partial charge in [0, 0.05) is 18.1 Å². The van der Waals surface area contributed by atoms with E-state index in [-0.39, 0.29) is 31.8 Å². The SMILES string of the molecule is CN1COCN(Cc2cnc(Cl)s2)C1=N[N+](=O)[O-].Cl. The number of hydrogen-bond donors (Lipinski definition) is 0. The molecule has 0 bridgehead atoms. The van der Waals surface area contributed by atoms with Crippen LogP contribution in [0.3, 0.4) is 0 Å². The fourth-order valence-corrected chi connectivity index (χ4v) is 2.51. The zero-order chi connectivity index (χ0) is 13.1. The molecule has 0 spiro atoms. The standard InChI is InChI=1S/C8H10ClN5O3S.ClH/c1-12-4-17-5-13(8(12)11-14(15)16)3-6-2-10-7(9)18-6;/h2H,3-5H2,1H3;1H. The molecule has 1 aromatic rings. The summed E-state index contributed by atoms with van der Waals surface area (Å²) in [6, 6.07) is 0. The van der Waals surface area contributed by atoms with Crippen molar-refractivity contribution in [2.75, 3.05) is 20.5 Å². The van der Waals surface area contributed by atoms with Gasteiger partial charge in [0.05, 0.1) is 6.54 Å². The Labute approximate surface area is 124 Å². The molecule has 0 amide bonds. The van der Waals surface area contributed by atoms with Crippen LogP contribution in [0.2, 0.25) is 4.47 Å². The molecule has 0 N–H and O–H groups in total. The van der Waals surface area contributed by atoms with Crippen LogP contribution in [0.25, 0.3) is 0 Å². The largest absolute Gasteiger partial charge is 0.341 e. The number of hydrogen-bond acceptors (Lipinski definition) is 5. The molecule has 2 heterocycles. The number of aromatic nitrogens is 1. The number of nitrogens with zero attached hydrogens (tertiary/aromatic N) is 5. The predicted octanol–water partition coefficient (Wildman–Crippen LogP) is 1.44. The summed E-state index contributed by atoms with van der Waals surface area (Å²) >= 11 is 7.05. The van der Waals surface area contributed by atoms with Crippen LogP contribution >= 0.6 is 35.3 Å². The van der Waals surface area contributed by atoms with Gasteiger partial charge in [0.2, 0.25) is 0 Å². The second kappa shape index (κ2) is 6.85. The monoisotopic (exact) mass is 327 g/mol. The first-order valence-electron chi connectivity index (χ1n) is 4.93. The van der Waals surface area contributed by atoms with E-state index in [4.69, 9.17) is 16.3 Å². The van der Waals surface area contributed by atoms with Crippen molar-refractivity contribution in [2.24, 2.45) is 5.10 Å². The molecule has 1 fully saturated rings. The third-order valence-corrected chi connectivity index (χ3v) is 3.30. The predicted molar refractivity (Wildman–Crippen MR) is 72.9 cm³/mol. The average molecular weight is 328 g/mol. The van der Waals surface area contributed by atoms with Crippen LogP contribution in [0.5, 0.6) is 0 Å². The summed E-state index contributed by atoms with van der Waals surface area (Å²) in [6.07, 6.45) is 1.63. The molecule has 1 aromatic heterocycles. The minimum Gasteiger partial charge on any atom is -0.341 e. The van der Waals surface area contributed by atoms with Crippen LogP contribution in [-0.2, 0) is 11.3 Å². The van der Waals surface area contributed by atoms with E-state index < -0.39 is 5.03 Å². The summed E-state index contributed by atoms with van der Waals surface area (Å²) in [5, 5.41) is 13.2. The van der Waals surface area contributed by atoms with Gasteiger partial charge in [-0.05, 0) is 0 Å². The van der Waals surface area contributed by atoms with Crippen molar-refractivity contribution < 1.29 is 9.77 Å². The van der Waals surface area contributed by atoms with E-state index >= 15 is 0 Å². The maximum absolute atomic E-state index is 10.5. The highest BCUT2D eigenvalue weighted by Gasteiger charge is 2.25. The fourth-order valence-electron chi connectivity index (χ4n) is 1.52. The molecule has 1 aliphatic rings. The molecule has 19 heavy (non-hydrogen) atoms. The number of rotatable bonds is 3. The zero-order valence-corrected chi connectivity index (χ0v) is 12.2. The minimum atomic E-state index is -0.718. The summed E-state index contributed by atoms with van der Waals surface area (Å²) in [5.41, 5.74) is 0. The summed E-state index contributed by atoms with van der Waals surface area (Å²) in [4.78, 5) is 18.5. The van der Waals surface area contributed by atoms with Gasteiger partial charge in [-0.15, -0.1) is 23.7 Å². The van der Waals surface area contributed by atoms with Crippen molar-refractivity contribution in [3.63, 3.8) is 0 Å². The molecular weight excluding hydrogens is 317 g/mol. The third-order valence-electron chi connectivity index (χ3n) is 2.20. The lowest BCUT2D eigenvalue weighted by Crippen LogP contribution is -2.49. The van der Waals surface area contributed by atoms with E-state index in [0.29, 0.717) is 11.0 Å². The van der Waals surface area contributed by atoms with Crippen molar-refractivity contribution >= 4 is 41.3 Å². The first-order chi connectivity index (χ1) is 8.56. The van der Waals surface area contributed by atoms with Crippen molar-refractivity contribution in [3.05, 3.63) is 25.7 Å². The maximum atomic E-state index is 10.5. The van der Waals surface area contributed by atoms with Crippen molar-refractivity contribution in [1.82, 2.24) is 14.8 Å².